The van der Waals surface area contributed by atoms with E-state index in [1.54, 1.807) is 6.20 Å². The number of phenols is 1. The van der Waals surface area contributed by atoms with Gasteiger partial charge in [0.2, 0.25) is 0 Å². The third kappa shape index (κ3) is 5.69. The number of fused-ring (bicyclic) bond motifs is 1. The summed E-state index contributed by atoms with van der Waals surface area (Å²) in [6, 6.07) is 8.70. The maximum atomic E-state index is 14.1. The highest BCUT2D eigenvalue weighted by Gasteiger charge is 2.33. The molecule has 3 aromatic rings. The lowest BCUT2D eigenvalue weighted by Crippen LogP contribution is -2.21. The fraction of sp³-hybridized carbons (Fsp3) is 0.429. The van der Waals surface area contributed by atoms with Gasteiger partial charge in [0, 0.05) is 23.5 Å². The van der Waals surface area contributed by atoms with Crippen molar-refractivity contribution >= 4 is 34.0 Å². The number of carbonyl (C=O) groups is 1. The topological polar surface area (TPSA) is 62.2 Å². The van der Waals surface area contributed by atoms with Gasteiger partial charge in [0.15, 0.2) is 17.3 Å². The van der Waals surface area contributed by atoms with Crippen molar-refractivity contribution in [2.24, 2.45) is 5.92 Å². The first-order chi connectivity index (χ1) is 16.4. The molecule has 0 spiro atoms. The second-order valence-corrected chi connectivity index (χ2v) is 9.03. The molecule has 1 aliphatic carbocycles. The molecule has 2 N–H and O–H groups in total. The van der Waals surface area contributed by atoms with Crippen molar-refractivity contribution in [2.45, 2.75) is 72.3 Å². The lowest BCUT2D eigenvalue weighted by atomic mass is 9.97. The summed E-state index contributed by atoms with van der Waals surface area (Å²) in [5.74, 6) is -1.11. The van der Waals surface area contributed by atoms with Crippen LogP contribution in [0.4, 0.5) is 10.1 Å². The number of anilines is 1. The van der Waals surface area contributed by atoms with Gasteiger partial charge < -0.3 is 10.4 Å². The number of Topliss-reactive ketones (excluding diaryl/α,β-unsaturated/α-hetero) is 1. The van der Waals surface area contributed by atoms with Gasteiger partial charge in [-0.3, -0.25) is 9.78 Å². The van der Waals surface area contributed by atoms with Crippen LogP contribution in [0.1, 0.15) is 76.6 Å². The third-order valence-electron chi connectivity index (χ3n) is 6.05. The van der Waals surface area contributed by atoms with E-state index in [1.165, 1.54) is 12.1 Å². The van der Waals surface area contributed by atoms with Crippen molar-refractivity contribution in [3.8, 4) is 16.9 Å². The fourth-order valence-corrected chi connectivity index (χ4v) is 4.41. The molecule has 0 radical (unpaired) electrons. The number of pyridine rings is 1. The molecule has 34 heavy (non-hydrogen) atoms. The van der Waals surface area contributed by atoms with Crippen LogP contribution in [-0.2, 0) is 0 Å². The van der Waals surface area contributed by atoms with Gasteiger partial charge in [-0.05, 0) is 61.1 Å². The summed E-state index contributed by atoms with van der Waals surface area (Å²) in [7, 11) is 0. The van der Waals surface area contributed by atoms with Crippen LogP contribution in [0.15, 0.2) is 36.5 Å². The molecule has 4 rings (SSSR count). The standard InChI is InChI=1S/C26H28ClFN2O2.C2H6/c1-3-5-18(6-4-2)30-24-19-11-16(17-12-21(27)26(32)22(28)13-17)9-10-23(19)29-14-20(24)25(31)15-7-8-15;1-2/h9-15,18,32H,3-8H2,1-2H3,(H,29,30);1-2H3. The molecule has 0 atom stereocenters. The first kappa shape index (κ1) is 26.0. The number of phenolic OH excluding ortho intramolecular Hbond substituents is 1. The van der Waals surface area contributed by atoms with Crippen molar-refractivity contribution in [3.05, 3.63) is 52.9 Å². The van der Waals surface area contributed by atoms with E-state index in [4.69, 9.17) is 11.6 Å². The smallest absolute Gasteiger partial charge is 0.170 e. The lowest BCUT2D eigenvalue weighted by Gasteiger charge is -2.22. The number of hydrogen-bond acceptors (Lipinski definition) is 4. The van der Waals surface area contributed by atoms with Crippen LogP contribution in [0.25, 0.3) is 22.0 Å². The van der Waals surface area contributed by atoms with Crippen LogP contribution in [-0.4, -0.2) is 21.9 Å². The Hall–Kier alpha value is -2.66. The summed E-state index contributed by atoms with van der Waals surface area (Å²) in [4.78, 5) is 17.6. The maximum Gasteiger partial charge on any atom is 0.170 e. The number of halogens is 2. The minimum Gasteiger partial charge on any atom is -0.504 e. The van der Waals surface area contributed by atoms with Crippen LogP contribution in [0.5, 0.6) is 5.75 Å². The number of nitrogens with zero attached hydrogens (tertiary/aromatic N) is 1. The molecule has 1 aliphatic rings. The van der Waals surface area contributed by atoms with Gasteiger partial charge in [0.1, 0.15) is 0 Å². The largest absolute Gasteiger partial charge is 0.504 e. The Bertz CT molecular complexity index is 1130. The molecule has 6 heteroatoms. The quantitative estimate of drug-likeness (QED) is 0.299. The number of aromatic hydroxyl groups is 1. The molecule has 1 fully saturated rings. The van der Waals surface area contributed by atoms with E-state index in [1.807, 2.05) is 32.0 Å². The average Bonchev–Trinajstić information content (AvgIpc) is 3.69. The zero-order valence-electron chi connectivity index (χ0n) is 20.4. The summed E-state index contributed by atoms with van der Waals surface area (Å²) in [5.41, 5.74) is 3.49. The van der Waals surface area contributed by atoms with E-state index in [0.29, 0.717) is 11.1 Å². The predicted octanol–water partition coefficient (Wildman–Crippen LogP) is 8.40. The molecule has 0 amide bonds. The molecule has 0 saturated heterocycles. The number of aromatic nitrogens is 1. The number of benzene rings is 2. The molecule has 0 unspecified atom stereocenters. The molecule has 1 heterocycles. The molecule has 182 valence electrons. The van der Waals surface area contributed by atoms with E-state index < -0.39 is 11.6 Å². The Morgan fingerprint density at radius 2 is 1.82 bits per heavy atom. The molecule has 1 saturated carbocycles. The summed E-state index contributed by atoms with van der Waals surface area (Å²) in [6.07, 6.45) is 7.65. The Kier molecular flexibility index (Phi) is 8.90. The Balaban J connectivity index is 0.00000158. The van der Waals surface area contributed by atoms with Crippen LogP contribution in [0.2, 0.25) is 5.02 Å². The summed E-state index contributed by atoms with van der Waals surface area (Å²) < 4.78 is 14.1. The van der Waals surface area contributed by atoms with E-state index in [-0.39, 0.29) is 22.8 Å². The van der Waals surface area contributed by atoms with Crippen LogP contribution >= 0.6 is 11.6 Å². The fourth-order valence-electron chi connectivity index (χ4n) is 4.20. The number of ketones is 1. The van der Waals surface area contributed by atoms with Gasteiger partial charge in [0.25, 0.3) is 0 Å². The van der Waals surface area contributed by atoms with Crippen LogP contribution in [0, 0.1) is 11.7 Å². The maximum absolute atomic E-state index is 14.1. The van der Waals surface area contributed by atoms with Crippen molar-refractivity contribution in [1.29, 1.82) is 0 Å². The van der Waals surface area contributed by atoms with Crippen molar-refractivity contribution in [1.82, 2.24) is 4.98 Å². The lowest BCUT2D eigenvalue weighted by molar-refractivity contribution is 0.0968. The SMILES string of the molecule is CC.CCCC(CCC)Nc1c(C(=O)C2CC2)cnc2ccc(-c3cc(F)c(O)c(Cl)c3)cc12. The predicted molar refractivity (Wildman–Crippen MR) is 139 cm³/mol. The van der Waals surface area contributed by atoms with Crippen molar-refractivity contribution in [3.63, 3.8) is 0 Å². The van der Waals surface area contributed by atoms with Gasteiger partial charge in [-0.1, -0.05) is 58.2 Å². The number of nitrogens with one attached hydrogen (secondary N) is 1. The van der Waals surface area contributed by atoms with Gasteiger partial charge in [-0.15, -0.1) is 0 Å². The van der Waals surface area contributed by atoms with Crippen LogP contribution in [0.3, 0.4) is 0 Å². The van der Waals surface area contributed by atoms with Crippen molar-refractivity contribution < 1.29 is 14.3 Å². The van der Waals surface area contributed by atoms with Crippen molar-refractivity contribution in [2.75, 3.05) is 5.32 Å². The summed E-state index contributed by atoms with van der Waals surface area (Å²) in [5, 5.41) is 14.1. The molecule has 0 aliphatic heterocycles. The Morgan fingerprint density at radius 1 is 1.15 bits per heavy atom. The van der Waals surface area contributed by atoms with Gasteiger partial charge >= 0.3 is 0 Å². The van der Waals surface area contributed by atoms with E-state index in [9.17, 15) is 14.3 Å². The number of rotatable bonds is 9. The molecular weight excluding hydrogens is 451 g/mol. The van der Waals surface area contributed by atoms with E-state index in [0.717, 1.165) is 60.7 Å². The molecule has 4 nitrogen and oxygen atoms in total. The number of carbonyl (C=O) groups excluding carboxylic acids is 1. The normalized spacial score (nSPS) is 13.0. The molecule has 0 bridgehead atoms. The average molecular weight is 485 g/mol. The second kappa shape index (κ2) is 11.7. The van der Waals surface area contributed by atoms with Gasteiger partial charge in [0.05, 0.1) is 21.8 Å². The second-order valence-electron chi connectivity index (χ2n) is 8.62. The Labute approximate surface area is 206 Å². The minimum atomic E-state index is -0.771. The highest BCUT2D eigenvalue weighted by molar-refractivity contribution is 6.32. The van der Waals surface area contributed by atoms with Gasteiger partial charge in [-0.25, -0.2) is 4.39 Å². The molecule has 2 aromatic carbocycles. The highest BCUT2D eigenvalue weighted by Crippen LogP contribution is 2.39. The zero-order chi connectivity index (χ0) is 24.8. The number of hydrogen-bond donors (Lipinski definition) is 2. The molecule has 1 aromatic heterocycles. The molecular formula is C28H34ClFN2O2. The summed E-state index contributed by atoms with van der Waals surface area (Å²) in [6.45, 7) is 8.32. The first-order valence-corrected chi connectivity index (χ1v) is 12.7. The first-order valence-electron chi connectivity index (χ1n) is 12.3. The van der Waals surface area contributed by atoms with E-state index in [2.05, 4.69) is 24.1 Å². The summed E-state index contributed by atoms with van der Waals surface area (Å²) >= 11 is 6.01. The minimum absolute atomic E-state index is 0.0415. The zero-order valence-corrected chi connectivity index (χ0v) is 21.2. The third-order valence-corrected chi connectivity index (χ3v) is 6.34. The van der Waals surface area contributed by atoms with E-state index >= 15 is 0 Å². The Morgan fingerprint density at radius 3 is 2.41 bits per heavy atom. The van der Waals surface area contributed by atoms with Crippen LogP contribution < -0.4 is 5.32 Å². The monoisotopic (exact) mass is 484 g/mol. The van der Waals surface area contributed by atoms with Gasteiger partial charge in [-0.2, -0.15) is 0 Å². The highest BCUT2D eigenvalue weighted by atomic mass is 35.5.